The van der Waals surface area contributed by atoms with Crippen LogP contribution < -0.4 is 10.2 Å². The minimum absolute atomic E-state index is 0.00682. The van der Waals surface area contributed by atoms with Crippen molar-refractivity contribution in [1.82, 2.24) is 5.32 Å². The molecule has 0 saturated heterocycles. The van der Waals surface area contributed by atoms with E-state index >= 15 is 0 Å². The zero-order valence-electron chi connectivity index (χ0n) is 40.9. The van der Waals surface area contributed by atoms with E-state index < -0.39 is 26.6 Å². The Morgan fingerprint density at radius 3 is 1.33 bits per heavy atom. The molecular weight excluding hydrogens is 780 g/mol. The number of carbonyl (C=O) groups excluding carboxylic acids is 1. The predicted octanol–water partition coefficient (Wildman–Crippen LogP) is 14.4. The van der Waals surface area contributed by atoms with Gasteiger partial charge in [-0.3, -0.25) is 9.36 Å². The quantitative estimate of drug-likeness (QED) is 0.0273. The molecule has 0 radical (unpaired) electrons. The first kappa shape index (κ1) is 59.7. The number of hydrogen-bond acceptors (Lipinski definition) is 6. The van der Waals surface area contributed by atoms with Gasteiger partial charge < -0.3 is 28.8 Å². The average molecular weight is 881 g/mol. The summed E-state index contributed by atoms with van der Waals surface area (Å²) in [5.41, 5.74) is 0. The molecule has 0 aliphatic carbocycles. The molecule has 0 bridgehead atoms. The van der Waals surface area contributed by atoms with Gasteiger partial charge in [0.2, 0.25) is 5.91 Å². The summed E-state index contributed by atoms with van der Waals surface area (Å²) in [6, 6.07) is -0.904. The minimum Gasteiger partial charge on any atom is -0.756 e. The Hall–Kier alpha value is -1.28. The molecule has 0 saturated carbocycles. The fourth-order valence-electron chi connectivity index (χ4n) is 7.46. The number of nitrogens with zero attached hydrogens (tertiary/aromatic N) is 1. The second-order valence-corrected chi connectivity index (χ2v) is 20.3. The summed E-state index contributed by atoms with van der Waals surface area (Å²) >= 11 is 0. The molecule has 9 heteroatoms. The molecule has 0 aromatic carbocycles. The van der Waals surface area contributed by atoms with Gasteiger partial charge >= 0.3 is 0 Å². The Bertz CT molecular complexity index is 1090. The number of aliphatic hydroxyl groups excluding tert-OH is 1. The Kier molecular flexibility index (Phi) is 43.0. The molecule has 2 N–H and O–H groups in total. The molecule has 0 aromatic rings. The van der Waals surface area contributed by atoms with E-state index in [1.54, 1.807) is 6.08 Å². The van der Waals surface area contributed by atoms with E-state index in [9.17, 15) is 19.4 Å². The lowest BCUT2D eigenvalue weighted by atomic mass is 10.0. The van der Waals surface area contributed by atoms with E-state index in [2.05, 4.69) is 43.5 Å². The lowest BCUT2D eigenvalue weighted by Gasteiger charge is -2.29. The van der Waals surface area contributed by atoms with Crippen LogP contribution in [0.15, 0.2) is 36.5 Å². The predicted molar refractivity (Wildman–Crippen MR) is 261 cm³/mol. The topological polar surface area (TPSA) is 108 Å². The van der Waals surface area contributed by atoms with Crippen molar-refractivity contribution in [1.29, 1.82) is 0 Å². The van der Waals surface area contributed by atoms with Crippen molar-refractivity contribution in [3.8, 4) is 0 Å². The second-order valence-electron chi connectivity index (χ2n) is 18.9. The maximum Gasteiger partial charge on any atom is 0.268 e. The third-order valence-corrected chi connectivity index (χ3v) is 12.5. The zero-order chi connectivity index (χ0) is 45.0. The highest BCUT2D eigenvalue weighted by molar-refractivity contribution is 7.45. The first-order valence-electron chi connectivity index (χ1n) is 25.9. The third-order valence-electron chi connectivity index (χ3n) is 11.6. The van der Waals surface area contributed by atoms with E-state index in [0.29, 0.717) is 17.4 Å². The van der Waals surface area contributed by atoms with Gasteiger partial charge in [-0.25, -0.2) is 0 Å². The maximum absolute atomic E-state index is 12.9. The van der Waals surface area contributed by atoms with Gasteiger partial charge in [0.05, 0.1) is 39.9 Å². The highest BCUT2D eigenvalue weighted by Crippen LogP contribution is 2.38. The van der Waals surface area contributed by atoms with Crippen LogP contribution >= 0.6 is 7.82 Å². The number of rotatable bonds is 47. The normalized spacial score (nSPS) is 14.4. The Balaban J connectivity index is 4.36. The number of phosphoric acid groups is 1. The second kappa shape index (κ2) is 43.9. The van der Waals surface area contributed by atoms with Gasteiger partial charge in [0.25, 0.3) is 7.82 Å². The summed E-state index contributed by atoms with van der Waals surface area (Å²) in [5.74, 6) is -0.210. The van der Waals surface area contributed by atoms with Gasteiger partial charge in [0.1, 0.15) is 13.2 Å². The Labute approximate surface area is 378 Å². The van der Waals surface area contributed by atoms with Gasteiger partial charge in [-0.15, -0.1) is 0 Å². The van der Waals surface area contributed by atoms with Crippen LogP contribution in [-0.4, -0.2) is 68.5 Å². The minimum atomic E-state index is -4.60. The molecule has 1 amide bonds. The van der Waals surface area contributed by atoms with Crippen LogP contribution in [0.2, 0.25) is 0 Å². The molecule has 0 aliphatic heterocycles. The van der Waals surface area contributed by atoms with Crippen LogP contribution in [0.1, 0.15) is 239 Å². The van der Waals surface area contributed by atoms with E-state index in [1.807, 2.05) is 27.2 Å². The molecule has 61 heavy (non-hydrogen) atoms. The van der Waals surface area contributed by atoms with E-state index in [-0.39, 0.29) is 12.5 Å². The highest BCUT2D eigenvalue weighted by Gasteiger charge is 2.23. The van der Waals surface area contributed by atoms with Crippen molar-refractivity contribution < 1.29 is 32.9 Å². The molecule has 3 unspecified atom stereocenters. The van der Waals surface area contributed by atoms with Crippen LogP contribution in [0.5, 0.6) is 0 Å². The van der Waals surface area contributed by atoms with Gasteiger partial charge in [0, 0.05) is 6.42 Å². The van der Waals surface area contributed by atoms with Gasteiger partial charge in [-0.05, 0) is 57.8 Å². The first-order valence-corrected chi connectivity index (χ1v) is 27.3. The number of phosphoric ester groups is 1. The van der Waals surface area contributed by atoms with Crippen molar-refractivity contribution in [3.63, 3.8) is 0 Å². The van der Waals surface area contributed by atoms with E-state index in [1.165, 1.54) is 180 Å². The fourth-order valence-corrected chi connectivity index (χ4v) is 8.18. The van der Waals surface area contributed by atoms with Crippen LogP contribution in [0, 0.1) is 0 Å². The molecule has 3 atom stereocenters. The SMILES string of the molecule is CCCCCCCCCCC/C=C\CCCCCCCCCC(=O)NC(COP(=O)([O-])OCC[N+](C)(C)C)C(O)/C=C/CC/C=C/CCCCCCCCCCCCCCC. The lowest BCUT2D eigenvalue weighted by Crippen LogP contribution is -2.45. The van der Waals surface area contributed by atoms with E-state index in [4.69, 9.17) is 9.05 Å². The smallest absolute Gasteiger partial charge is 0.268 e. The monoisotopic (exact) mass is 881 g/mol. The summed E-state index contributed by atoms with van der Waals surface area (Å²) < 4.78 is 23.3. The van der Waals surface area contributed by atoms with Gasteiger partial charge in [-0.2, -0.15) is 0 Å². The summed E-state index contributed by atoms with van der Waals surface area (Å²) in [6.45, 7) is 4.64. The Morgan fingerprint density at radius 2 is 0.918 bits per heavy atom. The molecule has 0 aliphatic rings. The van der Waals surface area contributed by atoms with Crippen molar-refractivity contribution >= 4 is 13.7 Å². The summed E-state index contributed by atoms with van der Waals surface area (Å²) in [5, 5.41) is 13.8. The first-order chi connectivity index (χ1) is 29.5. The Morgan fingerprint density at radius 1 is 0.557 bits per heavy atom. The maximum atomic E-state index is 12.9. The van der Waals surface area contributed by atoms with Gasteiger partial charge in [-0.1, -0.05) is 211 Å². The number of likely N-dealkylation sites (N-methyl/N-ethyl adjacent to an activating group) is 1. The number of hydrogen-bond donors (Lipinski definition) is 2. The molecule has 0 rings (SSSR count). The van der Waals surface area contributed by atoms with Crippen LogP contribution in [-0.2, 0) is 18.4 Å². The number of allylic oxidation sites excluding steroid dienone is 5. The van der Waals surface area contributed by atoms with Crippen LogP contribution in [0.25, 0.3) is 0 Å². The number of carbonyl (C=O) groups is 1. The molecule has 0 fully saturated rings. The molecule has 8 nitrogen and oxygen atoms in total. The molecule has 360 valence electrons. The standard InChI is InChI=1S/C52H101N2O6P/c1-6-8-10-12-14-16-18-20-22-24-26-28-30-32-34-36-38-40-42-44-46-52(56)53-50(49-60-61(57,58)59-48-47-54(3,4)5)51(55)45-43-41-39-37-35-33-31-29-27-25-23-21-19-17-15-13-11-9-7-2/h26,28,35,37,43,45,50-51,55H,6-25,27,29-34,36,38-42,44,46-49H2,1-5H3,(H-,53,56,57,58)/b28-26-,37-35+,45-43+. The average Bonchev–Trinajstić information content (AvgIpc) is 3.21. The fraction of sp³-hybridized carbons (Fsp3) is 0.865. The highest BCUT2D eigenvalue weighted by atomic mass is 31.2. The van der Waals surface area contributed by atoms with Crippen LogP contribution in [0.4, 0.5) is 0 Å². The molecule has 0 spiro atoms. The lowest BCUT2D eigenvalue weighted by molar-refractivity contribution is -0.870. The van der Waals surface area contributed by atoms with Crippen molar-refractivity contribution in [3.05, 3.63) is 36.5 Å². The number of quaternary nitrogens is 1. The third kappa shape index (κ3) is 46.5. The van der Waals surface area contributed by atoms with Crippen molar-refractivity contribution in [2.24, 2.45) is 0 Å². The van der Waals surface area contributed by atoms with Gasteiger partial charge in [0.15, 0.2) is 0 Å². The van der Waals surface area contributed by atoms with Crippen molar-refractivity contribution in [2.45, 2.75) is 251 Å². The van der Waals surface area contributed by atoms with Crippen LogP contribution in [0.3, 0.4) is 0 Å². The summed E-state index contributed by atoms with van der Waals surface area (Å²) in [4.78, 5) is 25.4. The molecule has 0 aromatic heterocycles. The molecular formula is C52H101N2O6P. The number of unbranched alkanes of at least 4 members (excludes halogenated alkanes) is 30. The number of amides is 1. The van der Waals surface area contributed by atoms with Crippen molar-refractivity contribution in [2.75, 3.05) is 40.9 Å². The largest absolute Gasteiger partial charge is 0.756 e. The zero-order valence-corrected chi connectivity index (χ0v) is 41.8. The summed E-state index contributed by atoms with van der Waals surface area (Å²) in [6.07, 6.45) is 54.9. The number of aliphatic hydroxyl groups is 1. The summed E-state index contributed by atoms with van der Waals surface area (Å²) in [7, 11) is 1.24. The molecule has 0 heterocycles. The van der Waals surface area contributed by atoms with E-state index in [0.717, 1.165) is 38.5 Å². The number of nitrogens with one attached hydrogen (secondary N) is 1.